The van der Waals surface area contributed by atoms with E-state index < -0.39 is 12.1 Å². The maximum Gasteiger partial charge on any atom is 0.347 e. The number of Topliss-reactive ketones (excluding diaryl/α,β-unsaturated/α-hetero) is 1. The van der Waals surface area contributed by atoms with E-state index in [-0.39, 0.29) is 18.1 Å². The Morgan fingerprint density at radius 3 is 2.78 bits per heavy atom. The molecule has 1 atom stereocenters. The van der Waals surface area contributed by atoms with Gasteiger partial charge in [0.05, 0.1) is 12.2 Å². The maximum absolute atomic E-state index is 12.7. The molecule has 0 N–H and O–H groups in total. The standard InChI is InChI=1S/C21H19ClO5/c1-4-25-21(24)13(3)26-16-8-12(2)19-17(11-16)27-18(20(19)23)10-14-6-5-7-15(22)9-14/h5-11,13H,4H2,1-3H3/b18-10-. The summed E-state index contributed by atoms with van der Waals surface area (Å²) in [6.45, 7) is 5.42. The molecule has 2 aromatic rings. The predicted molar refractivity (Wildman–Crippen MR) is 102 cm³/mol. The molecular formula is C21H19ClO5. The van der Waals surface area contributed by atoms with Crippen molar-refractivity contribution in [1.82, 2.24) is 0 Å². The first-order valence-corrected chi connectivity index (χ1v) is 8.94. The van der Waals surface area contributed by atoms with E-state index in [2.05, 4.69) is 0 Å². The van der Waals surface area contributed by atoms with Crippen LogP contribution in [-0.4, -0.2) is 24.5 Å². The van der Waals surface area contributed by atoms with Gasteiger partial charge < -0.3 is 14.2 Å². The molecule has 5 nitrogen and oxygen atoms in total. The van der Waals surface area contributed by atoms with Crippen molar-refractivity contribution in [3.63, 3.8) is 0 Å². The summed E-state index contributed by atoms with van der Waals surface area (Å²) in [5.41, 5.74) is 1.96. The smallest absolute Gasteiger partial charge is 0.347 e. The van der Waals surface area contributed by atoms with E-state index >= 15 is 0 Å². The number of benzene rings is 2. The molecule has 0 saturated heterocycles. The quantitative estimate of drug-likeness (QED) is 0.555. The number of ether oxygens (including phenoxy) is 3. The summed E-state index contributed by atoms with van der Waals surface area (Å²) in [5.74, 6) is 0.399. The number of hydrogen-bond donors (Lipinski definition) is 0. The largest absolute Gasteiger partial charge is 0.479 e. The second-order valence-electron chi connectivity index (χ2n) is 6.12. The second kappa shape index (κ2) is 7.84. The Labute approximate surface area is 162 Å². The van der Waals surface area contributed by atoms with E-state index in [1.165, 1.54) is 0 Å². The van der Waals surface area contributed by atoms with Crippen molar-refractivity contribution in [2.45, 2.75) is 26.9 Å². The zero-order chi connectivity index (χ0) is 19.6. The zero-order valence-corrected chi connectivity index (χ0v) is 16.0. The minimum absolute atomic E-state index is 0.201. The van der Waals surface area contributed by atoms with Crippen molar-refractivity contribution in [2.75, 3.05) is 6.61 Å². The third-order valence-corrected chi connectivity index (χ3v) is 4.26. The van der Waals surface area contributed by atoms with Gasteiger partial charge in [-0.15, -0.1) is 0 Å². The molecule has 0 amide bonds. The van der Waals surface area contributed by atoms with Gasteiger partial charge in [-0.25, -0.2) is 4.79 Å². The molecule has 0 spiro atoms. The minimum Gasteiger partial charge on any atom is -0.479 e. The van der Waals surface area contributed by atoms with Crippen LogP contribution in [0.1, 0.15) is 35.3 Å². The highest BCUT2D eigenvalue weighted by Gasteiger charge is 2.30. The van der Waals surface area contributed by atoms with E-state index in [1.807, 2.05) is 6.07 Å². The first-order chi connectivity index (χ1) is 12.9. The summed E-state index contributed by atoms with van der Waals surface area (Å²) in [6, 6.07) is 10.5. The number of ketones is 1. The van der Waals surface area contributed by atoms with Gasteiger partial charge in [-0.1, -0.05) is 23.7 Å². The van der Waals surface area contributed by atoms with E-state index in [9.17, 15) is 9.59 Å². The molecule has 0 saturated carbocycles. The molecule has 0 aliphatic carbocycles. The lowest BCUT2D eigenvalue weighted by Gasteiger charge is -2.14. The van der Waals surface area contributed by atoms with Crippen molar-refractivity contribution in [2.24, 2.45) is 0 Å². The van der Waals surface area contributed by atoms with Crippen LogP contribution < -0.4 is 9.47 Å². The lowest BCUT2D eigenvalue weighted by molar-refractivity contribution is -0.150. The van der Waals surface area contributed by atoms with Crippen LogP contribution in [0.3, 0.4) is 0 Å². The summed E-state index contributed by atoms with van der Waals surface area (Å²) < 4.78 is 16.3. The number of hydrogen-bond acceptors (Lipinski definition) is 5. The highest BCUT2D eigenvalue weighted by Crippen LogP contribution is 2.37. The highest BCUT2D eigenvalue weighted by atomic mass is 35.5. The van der Waals surface area contributed by atoms with Gasteiger partial charge in [0.25, 0.3) is 0 Å². The van der Waals surface area contributed by atoms with Gasteiger partial charge in [-0.2, -0.15) is 0 Å². The van der Waals surface area contributed by atoms with Gasteiger partial charge in [-0.3, -0.25) is 4.79 Å². The fraction of sp³-hybridized carbons (Fsp3) is 0.238. The molecular weight excluding hydrogens is 368 g/mol. The first-order valence-electron chi connectivity index (χ1n) is 8.56. The van der Waals surface area contributed by atoms with Crippen LogP contribution in [0.25, 0.3) is 6.08 Å². The van der Waals surface area contributed by atoms with E-state index in [0.717, 1.165) is 5.56 Å². The topological polar surface area (TPSA) is 61.8 Å². The number of carbonyl (C=O) groups excluding carboxylic acids is 2. The van der Waals surface area contributed by atoms with Gasteiger partial charge in [0, 0.05) is 11.1 Å². The van der Waals surface area contributed by atoms with Crippen LogP contribution >= 0.6 is 11.6 Å². The number of allylic oxidation sites excluding steroid dienone is 1. The third-order valence-electron chi connectivity index (χ3n) is 4.02. The molecule has 0 aromatic heterocycles. The lowest BCUT2D eigenvalue weighted by atomic mass is 10.0. The fourth-order valence-corrected chi connectivity index (χ4v) is 3.00. The molecule has 0 fully saturated rings. The van der Waals surface area contributed by atoms with Crippen molar-refractivity contribution in [3.05, 3.63) is 63.9 Å². The average molecular weight is 387 g/mol. The van der Waals surface area contributed by atoms with Crippen molar-refractivity contribution in [3.8, 4) is 11.5 Å². The Morgan fingerprint density at radius 1 is 1.30 bits per heavy atom. The lowest BCUT2D eigenvalue weighted by Crippen LogP contribution is -2.26. The first kappa shape index (κ1) is 19.0. The summed E-state index contributed by atoms with van der Waals surface area (Å²) in [5, 5.41) is 0.576. The Balaban J connectivity index is 1.86. The molecule has 27 heavy (non-hydrogen) atoms. The van der Waals surface area contributed by atoms with E-state index in [1.54, 1.807) is 57.2 Å². The summed E-state index contributed by atoms with van der Waals surface area (Å²) in [4.78, 5) is 24.4. The molecule has 6 heteroatoms. The van der Waals surface area contributed by atoms with Gasteiger partial charge in [0.15, 0.2) is 11.9 Å². The van der Waals surface area contributed by atoms with Crippen molar-refractivity contribution in [1.29, 1.82) is 0 Å². The molecule has 1 aliphatic rings. The molecule has 0 bridgehead atoms. The minimum atomic E-state index is -0.763. The number of rotatable bonds is 5. The molecule has 0 radical (unpaired) electrons. The average Bonchev–Trinajstić information content (AvgIpc) is 2.91. The fourth-order valence-electron chi connectivity index (χ4n) is 2.81. The van der Waals surface area contributed by atoms with Gasteiger partial charge in [0.1, 0.15) is 11.5 Å². The number of aryl methyl sites for hydroxylation is 1. The summed E-state index contributed by atoms with van der Waals surface area (Å²) in [7, 11) is 0. The normalized spacial score (nSPS) is 15.3. The molecule has 140 valence electrons. The molecule has 1 aliphatic heterocycles. The van der Waals surface area contributed by atoms with Gasteiger partial charge in [0.2, 0.25) is 5.78 Å². The Bertz CT molecular complexity index is 932. The van der Waals surface area contributed by atoms with Crippen LogP contribution in [0.4, 0.5) is 0 Å². The van der Waals surface area contributed by atoms with Gasteiger partial charge >= 0.3 is 5.97 Å². The molecule has 1 unspecified atom stereocenters. The Hall–Kier alpha value is -2.79. The number of fused-ring (bicyclic) bond motifs is 1. The highest BCUT2D eigenvalue weighted by molar-refractivity contribution is 6.30. The number of esters is 1. The van der Waals surface area contributed by atoms with Crippen LogP contribution in [0.15, 0.2) is 42.2 Å². The SMILES string of the molecule is CCOC(=O)C(C)Oc1cc(C)c2c(c1)O/C(=C\c1cccc(Cl)c1)C2=O. The van der Waals surface area contributed by atoms with Gasteiger partial charge in [-0.05, 0) is 56.2 Å². The van der Waals surface area contributed by atoms with Crippen LogP contribution in [-0.2, 0) is 9.53 Å². The van der Waals surface area contributed by atoms with Crippen molar-refractivity contribution < 1.29 is 23.8 Å². The van der Waals surface area contributed by atoms with E-state index in [0.29, 0.717) is 27.6 Å². The summed E-state index contributed by atoms with van der Waals surface area (Å²) >= 11 is 5.99. The maximum atomic E-state index is 12.7. The number of halogens is 1. The molecule has 1 heterocycles. The Kier molecular flexibility index (Phi) is 5.51. The van der Waals surface area contributed by atoms with Crippen LogP contribution in [0, 0.1) is 6.92 Å². The van der Waals surface area contributed by atoms with Crippen LogP contribution in [0.2, 0.25) is 5.02 Å². The van der Waals surface area contributed by atoms with Crippen LogP contribution in [0.5, 0.6) is 11.5 Å². The second-order valence-corrected chi connectivity index (χ2v) is 6.56. The third kappa shape index (κ3) is 4.14. The van der Waals surface area contributed by atoms with E-state index in [4.69, 9.17) is 25.8 Å². The zero-order valence-electron chi connectivity index (χ0n) is 15.2. The Morgan fingerprint density at radius 2 is 2.07 bits per heavy atom. The summed E-state index contributed by atoms with van der Waals surface area (Å²) in [6.07, 6.45) is 0.885. The molecule has 3 rings (SSSR count). The van der Waals surface area contributed by atoms with Crippen molar-refractivity contribution >= 4 is 29.4 Å². The predicted octanol–water partition coefficient (Wildman–Crippen LogP) is 4.60. The monoisotopic (exact) mass is 386 g/mol. The number of carbonyl (C=O) groups is 2. The molecule has 2 aromatic carbocycles.